The average molecular weight is 556 g/mol. The molecule has 0 radical (unpaired) electrons. The maximum atomic E-state index is 5.95. The summed E-state index contributed by atoms with van der Waals surface area (Å²) in [6.45, 7) is 10.8. The van der Waals surface area contributed by atoms with Gasteiger partial charge in [0, 0.05) is 31.7 Å². The molecular weight excluding hydrogens is 519 g/mol. The summed E-state index contributed by atoms with van der Waals surface area (Å²) < 4.78 is 13.6. The van der Waals surface area contributed by atoms with Gasteiger partial charge in [-0.25, -0.2) is 4.99 Å². The van der Waals surface area contributed by atoms with Gasteiger partial charge >= 0.3 is 0 Å². The first-order valence-corrected chi connectivity index (χ1v) is 11.4. The Balaban J connectivity index is 0.00000363. The number of aryl methyl sites for hydroxylation is 2. The van der Waals surface area contributed by atoms with Crippen LogP contribution in [0.1, 0.15) is 55.9 Å². The molecule has 32 heavy (non-hydrogen) atoms. The van der Waals surface area contributed by atoms with Crippen molar-refractivity contribution in [3.05, 3.63) is 41.0 Å². The van der Waals surface area contributed by atoms with Crippen molar-refractivity contribution in [2.75, 3.05) is 26.4 Å². The van der Waals surface area contributed by atoms with Gasteiger partial charge in [-0.3, -0.25) is 0 Å². The minimum Gasteiger partial charge on any atom is -0.491 e. The first kappa shape index (κ1) is 26.4. The smallest absolute Gasteiger partial charge is 0.191 e. The number of fused-ring (bicyclic) bond motifs is 1. The van der Waals surface area contributed by atoms with Crippen molar-refractivity contribution in [2.24, 2.45) is 4.99 Å². The summed E-state index contributed by atoms with van der Waals surface area (Å²) in [5, 5.41) is 15.5. The fourth-order valence-electron chi connectivity index (χ4n) is 3.63. The van der Waals surface area contributed by atoms with Crippen LogP contribution in [0.5, 0.6) is 5.75 Å². The number of aromatic nitrogens is 3. The predicted octanol–water partition coefficient (Wildman–Crippen LogP) is 3.60. The zero-order chi connectivity index (χ0) is 21.9. The number of nitrogens with one attached hydrogen (secondary N) is 2. The Hall–Kier alpha value is -1.88. The van der Waals surface area contributed by atoms with Gasteiger partial charge in [0.05, 0.1) is 19.7 Å². The third-order valence-electron chi connectivity index (χ3n) is 5.26. The fourth-order valence-corrected chi connectivity index (χ4v) is 3.63. The molecule has 0 unspecified atom stereocenters. The highest BCUT2D eigenvalue weighted by Crippen LogP contribution is 2.21. The van der Waals surface area contributed by atoms with E-state index in [1.54, 1.807) is 0 Å². The van der Waals surface area contributed by atoms with E-state index in [1.165, 1.54) is 19.3 Å². The lowest BCUT2D eigenvalue weighted by Gasteiger charge is -2.14. The number of hydrogen-bond acceptors (Lipinski definition) is 5. The van der Waals surface area contributed by atoms with E-state index in [2.05, 4.69) is 57.4 Å². The van der Waals surface area contributed by atoms with Crippen molar-refractivity contribution >= 4 is 29.9 Å². The highest BCUT2D eigenvalue weighted by molar-refractivity contribution is 14.0. The van der Waals surface area contributed by atoms with E-state index in [9.17, 15) is 0 Å². The second kappa shape index (κ2) is 14.3. The summed E-state index contributed by atoms with van der Waals surface area (Å²) in [5.74, 6) is 3.69. The molecule has 2 heterocycles. The van der Waals surface area contributed by atoms with Crippen LogP contribution in [0, 0.1) is 6.92 Å². The molecule has 0 bridgehead atoms. The van der Waals surface area contributed by atoms with E-state index in [1.807, 2.05) is 6.92 Å². The van der Waals surface area contributed by atoms with Gasteiger partial charge in [-0.05, 0) is 45.2 Å². The molecule has 2 aromatic rings. The second-order valence-corrected chi connectivity index (χ2v) is 7.70. The number of hydrogen-bond donors (Lipinski definition) is 2. The highest BCUT2D eigenvalue weighted by Gasteiger charge is 2.14. The number of nitrogens with zero attached hydrogens (tertiary/aromatic N) is 4. The first-order valence-electron chi connectivity index (χ1n) is 11.4. The summed E-state index contributed by atoms with van der Waals surface area (Å²) in [6, 6.07) is 6.23. The molecule has 1 aliphatic heterocycles. The van der Waals surface area contributed by atoms with Crippen molar-refractivity contribution in [3.63, 3.8) is 0 Å². The molecular formula is C23H37IN6O2. The molecule has 1 aliphatic rings. The molecule has 3 rings (SSSR count). The number of guanidine groups is 1. The molecule has 2 N–H and O–H groups in total. The topological polar surface area (TPSA) is 85.6 Å². The monoisotopic (exact) mass is 556 g/mol. The van der Waals surface area contributed by atoms with Crippen LogP contribution < -0.4 is 15.4 Å². The number of ether oxygens (including phenoxy) is 2. The third-order valence-corrected chi connectivity index (χ3v) is 5.26. The van der Waals surface area contributed by atoms with Crippen LogP contribution in [0.15, 0.2) is 23.2 Å². The van der Waals surface area contributed by atoms with E-state index in [4.69, 9.17) is 14.5 Å². The Morgan fingerprint density at radius 3 is 2.81 bits per heavy atom. The molecule has 0 aliphatic carbocycles. The molecule has 9 heteroatoms. The van der Waals surface area contributed by atoms with Gasteiger partial charge < -0.3 is 24.7 Å². The largest absolute Gasteiger partial charge is 0.491 e. The highest BCUT2D eigenvalue weighted by atomic mass is 127. The Morgan fingerprint density at radius 1 is 1.12 bits per heavy atom. The Labute approximate surface area is 208 Å². The minimum absolute atomic E-state index is 0. The predicted molar refractivity (Wildman–Crippen MR) is 138 cm³/mol. The van der Waals surface area contributed by atoms with Gasteiger partial charge in [0.25, 0.3) is 0 Å². The van der Waals surface area contributed by atoms with Gasteiger partial charge in [0.1, 0.15) is 18.2 Å². The molecule has 1 aromatic carbocycles. The van der Waals surface area contributed by atoms with Crippen LogP contribution in [-0.2, 0) is 30.8 Å². The van der Waals surface area contributed by atoms with Crippen LogP contribution >= 0.6 is 24.0 Å². The lowest BCUT2D eigenvalue weighted by molar-refractivity contribution is 0.110. The third kappa shape index (κ3) is 7.91. The zero-order valence-electron chi connectivity index (χ0n) is 19.5. The maximum Gasteiger partial charge on any atom is 0.191 e. The minimum atomic E-state index is 0. The van der Waals surface area contributed by atoms with Crippen LogP contribution in [-0.4, -0.2) is 47.1 Å². The molecule has 178 valence electrons. The number of rotatable bonds is 10. The number of aliphatic imine (C=N–C) groups is 1. The van der Waals surface area contributed by atoms with Crippen molar-refractivity contribution in [3.8, 4) is 5.75 Å². The molecule has 0 fully saturated rings. The van der Waals surface area contributed by atoms with E-state index in [0.29, 0.717) is 32.9 Å². The summed E-state index contributed by atoms with van der Waals surface area (Å²) in [7, 11) is 0. The van der Waals surface area contributed by atoms with E-state index in [-0.39, 0.29) is 24.0 Å². The molecule has 8 nitrogen and oxygen atoms in total. The molecule has 0 saturated carbocycles. The second-order valence-electron chi connectivity index (χ2n) is 7.70. The van der Waals surface area contributed by atoms with Crippen LogP contribution in [0.4, 0.5) is 0 Å². The summed E-state index contributed by atoms with van der Waals surface area (Å²) >= 11 is 0. The fraction of sp³-hybridized carbons (Fsp3) is 0.609. The van der Waals surface area contributed by atoms with E-state index in [0.717, 1.165) is 54.0 Å². The lowest BCUT2D eigenvalue weighted by Crippen LogP contribution is -2.37. The van der Waals surface area contributed by atoms with Crippen LogP contribution in [0.25, 0.3) is 0 Å². The number of benzene rings is 1. The Kier molecular flexibility index (Phi) is 11.8. The SMILES string of the molecule is CCNC(=NCc1ccc(C)cc1OCCOCC)NCc1nnc2n1CCCCC2.I. The summed E-state index contributed by atoms with van der Waals surface area (Å²) in [5.41, 5.74) is 2.22. The molecule has 0 saturated heterocycles. The standard InChI is InChI=1S/C23H36N6O2.HI/c1-4-24-23(26-17-22-28-27-21-9-7-6-8-12-29(21)22)25-16-19-11-10-18(3)15-20(19)31-14-13-30-5-2;/h10-11,15H,4-9,12-14,16-17H2,1-3H3,(H2,24,25,26);1H. The van der Waals surface area contributed by atoms with Crippen molar-refractivity contribution in [2.45, 2.75) is 66.1 Å². The Bertz CT molecular complexity index is 855. The summed E-state index contributed by atoms with van der Waals surface area (Å²) in [6.07, 6.45) is 4.65. The molecule has 0 amide bonds. The first-order chi connectivity index (χ1) is 15.2. The Morgan fingerprint density at radius 2 is 2.00 bits per heavy atom. The van der Waals surface area contributed by atoms with E-state index >= 15 is 0 Å². The van der Waals surface area contributed by atoms with E-state index < -0.39 is 0 Å². The van der Waals surface area contributed by atoms with Gasteiger partial charge in [-0.1, -0.05) is 18.6 Å². The average Bonchev–Trinajstić information content (AvgIpc) is 3.00. The lowest BCUT2D eigenvalue weighted by atomic mass is 10.1. The zero-order valence-corrected chi connectivity index (χ0v) is 21.9. The quantitative estimate of drug-likeness (QED) is 0.201. The van der Waals surface area contributed by atoms with Crippen LogP contribution in [0.3, 0.4) is 0 Å². The maximum absolute atomic E-state index is 5.95. The van der Waals surface area contributed by atoms with Gasteiger partial charge in [-0.2, -0.15) is 0 Å². The summed E-state index contributed by atoms with van der Waals surface area (Å²) in [4.78, 5) is 4.77. The van der Waals surface area contributed by atoms with Crippen molar-refractivity contribution in [1.82, 2.24) is 25.4 Å². The van der Waals surface area contributed by atoms with Gasteiger partial charge in [-0.15, -0.1) is 34.2 Å². The van der Waals surface area contributed by atoms with Gasteiger partial charge in [0.15, 0.2) is 11.8 Å². The molecule has 0 spiro atoms. The number of halogens is 1. The van der Waals surface area contributed by atoms with Crippen LogP contribution in [0.2, 0.25) is 0 Å². The normalized spacial score (nSPS) is 13.7. The van der Waals surface area contributed by atoms with Gasteiger partial charge in [0.2, 0.25) is 0 Å². The van der Waals surface area contributed by atoms with Crippen molar-refractivity contribution in [1.29, 1.82) is 0 Å². The van der Waals surface area contributed by atoms with Crippen molar-refractivity contribution < 1.29 is 9.47 Å². The molecule has 0 atom stereocenters. The molecule has 1 aromatic heterocycles.